The minimum absolute atomic E-state index is 0.139. The summed E-state index contributed by atoms with van der Waals surface area (Å²) in [4.78, 5) is 12.2. The van der Waals surface area contributed by atoms with Gasteiger partial charge in [-0.1, -0.05) is 18.9 Å². The number of aliphatic hydroxyl groups is 1. The van der Waals surface area contributed by atoms with E-state index in [4.69, 9.17) is 0 Å². The summed E-state index contributed by atoms with van der Waals surface area (Å²) in [6.45, 7) is 3.96. The lowest BCUT2D eigenvalue weighted by Crippen LogP contribution is -2.30. The zero-order valence-corrected chi connectivity index (χ0v) is 13.7. The van der Waals surface area contributed by atoms with Crippen molar-refractivity contribution < 1.29 is 9.90 Å². The Kier molecular flexibility index (Phi) is 4.22. The van der Waals surface area contributed by atoms with Crippen LogP contribution in [0.1, 0.15) is 43.5 Å². The zero-order valence-electron chi connectivity index (χ0n) is 13.7. The Bertz CT molecular complexity index is 715. The topological polar surface area (TPSA) is 67.2 Å². The van der Waals surface area contributed by atoms with Crippen molar-refractivity contribution in [2.75, 3.05) is 5.32 Å². The smallest absolute Gasteiger partial charge is 0.227 e. The van der Waals surface area contributed by atoms with E-state index in [1.807, 2.05) is 48.9 Å². The van der Waals surface area contributed by atoms with Gasteiger partial charge >= 0.3 is 0 Å². The van der Waals surface area contributed by atoms with Crippen LogP contribution >= 0.6 is 0 Å². The largest absolute Gasteiger partial charge is 0.389 e. The summed E-state index contributed by atoms with van der Waals surface area (Å²) in [5.74, 6) is -0.139. The molecule has 2 N–H and O–H groups in total. The Morgan fingerprint density at radius 1 is 1.30 bits per heavy atom. The standard InChI is InChI=1S/C18H23N3O2/c1-13-10-14(2)21(20-13)16-7-5-6-15(11-16)19-17(22)12-18(23)8-3-4-9-18/h5-7,10-11,23H,3-4,8-9,12H2,1-2H3,(H,19,22). The molecular weight excluding hydrogens is 290 g/mol. The van der Waals surface area contributed by atoms with Gasteiger partial charge in [-0.05, 0) is 51.0 Å². The Morgan fingerprint density at radius 2 is 2.04 bits per heavy atom. The molecule has 1 aromatic carbocycles. The summed E-state index contributed by atoms with van der Waals surface area (Å²) in [6, 6.07) is 9.62. The van der Waals surface area contributed by atoms with Crippen LogP contribution in [0.15, 0.2) is 30.3 Å². The minimum Gasteiger partial charge on any atom is -0.389 e. The highest BCUT2D eigenvalue weighted by atomic mass is 16.3. The fourth-order valence-corrected chi connectivity index (χ4v) is 3.32. The Hall–Kier alpha value is -2.14. The highest BCUT2D eigenvalue weighted by Gasteiger charge is 2.33. The Balaban J connectivity index is 1.72. The van der Waals surface area contributed by atoms with Gasteiger partial charge in [0.25, 0.3) is 0 Å². The van der Waals surface area contributed by atoms with E-state index in [1.54, 1.807) is 0 Å². The normalized spacial score (nSPS) is 16.5. The van der Waals surface area contributed by atoms with E-state index in [2.05, 4.69) is 10.4 Å². The number of aromatic nitrogens is 2. The first-order chi connectivity index (χ1) is 11.0. The Labute approximate surface area is 136 Å². The molecule has 1 saturated carbocycles. The molecule has 122 valence electrons. The van der Waals surface area contributed by atoms with Gasteiger partial charge in [-0.2, -0.15) is 5.10 Å². The maximum absolute atomic E-state index is 12.2. The minimum atomic E-state index is -0.822. The number of rotatable bonds is 4. The molecule has 1 heterocycles. The van der Waals surface area contributed by atoms with Crippen LogP contribution in [-0.2, 0) is 4.79 Å². The lowest BCUT2D eigenvalue weighted by molar-refractivity contribution is -0.120. The maximum Gasteiger partial charge on any atom is 0.227 e. The summed E-state index contributed by atoms with van der Waals surface area (Å²) in [5.41, 5.74) is 2.82. The van der Waals surface area contributed by atoms with Gasteiger partial charge in [0, 0.05) is 11.4 Å². The quantitative estimate of drug-likeness (QED) is 0.911. The second-order valence-electron chi connectivity index (χ2n) is 6.55. The van der Waals surface area contributed by atoms with E-state index < -0.39 is 5.60 Å². The molecule has 0 aliphatic heterocycles. The average Bonchev–Trinajstić information content (AvgIpc) is 3.04. The SMILES string of the molecule is Cc1cc(C)n(-c2cccc(NC(=O)CC3(O)CCCC3)c2)n1. The first kappa shape index (κ1) is 15.7. The van der Waals surface area contributed by atoms with Crippen molar-refractivity contribution in [2.45, 2.75) is 51.6 Å². The molecule has 1 amide bonds. The average molecular weight is 313 g/mol. The molecule has 3 rings (SSSR count). The predicted octanol–water partition coefficient (Wildman–Crippen LogP) is 3.12. The molecule has 1 aromatic heterocycles. The number of nitrogens with one attached hydrogen (secondary N) is 1. The predicted molar refractivity (Wildman–Crippen MR) is 89.7 cm³/mol. The van der Waals surface area contributed by atoms with Gasteiger partial charge < -0.3 is 10.4 Å². The number of benzene rings is 1. The number of nitrogens with zero attached hydrogens (tertiary/aromatic N) is 2. The van der Waals surface area contributed by atoms with Crippen LogP contribution in [0.25, 0.3) is 5.69 Å². The number of amides is 1. The molecular formula is C18H23N3O2. The summed E-state index contributed by atoms with van der Waals surface area (Å²) in [6.07, 6.45) is 3.59. The molecule has 23 heavy (non-hydrogen) atoms. The fraction of sp³-hybridized carbons (Fsp3) is 0.444. The zero-order chi connectivity index (χ0) is 16.4. The number of anilines is 1. The number of carbonyl (C=O) groups is 1. The van der Waals surface area contributed by atoms with E-state index >= 15 is 0 Å². The van der Waals surface area contributed by atoms with Crippen LogP contribution in [-0.4, -0.2) is 26.4 Å². The molecule has 2 aromatic rings. The van der Waals surface area contributed by atoms with Crippen LogP contribution < -0.4 is 5.32 Å². The molecule has 0 unspecified atom stereocenters. The summed E-state index contributed by atoms with van der Waals surface area (Å²) in [5, 5.41) is 17.7. The summed E-state index contributed by atoms with van der Waals surface area (Å²) >= 11 is 0. The van der Waals surface area contributed by atoms with E-state index in [1.165, 1.54) is 0 Å². The van der Waals surface area contributed by atoms with Crippen molar-refractivity contribution in [1.29, 1.82) is 0 Å². The second-order valence-corrected chi connectivity index (χ2v) is 6.55. The molecule has 0 atom stereocenters. The third-order valence-electron chi connectivity index (χ3n) is 4.41. The molecule has 0 spiro atoms. The van der Waals surface area contributed by atoms with Gasteiger partial charge in [-0.25, -0.2) is 4.68 Å². The van der Waals surface area contributed by atoms with Gasteiger partial charge in [0.05, 0.1) is 23.4 Å². The molecule has 0 radical (unpaired) electrons. The first-order valence-electron chi connectivity index (χ1n) is 8.11. The van der Waals surface area contributed by atoms with E-state index in [-0.39, 0.29) is 12.3 Å². The first-order valence-corrected chi connectivity index (χ1v) is 8.11. The van der Waals surface area contributed by atoms with E-state index in [0.29, 0.717) is 12.8 Å². The third kappa shape index (κ3) is 3.62. The van der Waals surface area contributed by atoms with E-state index in [9.17, 15) is 9.90 Å². The van der Waals surface area contributed by atoms with Gasteiger partial charge in [0.1, 0.15) is 0 Å². The van der Waals surface area contributed by atoms with Crippen molar-refractivity contribution in [3.05, 3.63) is 41.7 Å². The summed E-state index contributed by atoms with van der Waals surface area (Å²) < 4.78 is 1.86. The van der Waals surface area contributed by atoms with Gasteiger partial charge in [0.2, 0.25) is 5.91 Å². The monoisotopic (exact) mass is 313 g/mol. The fourth-order valence-electron chi connectivity index (χ4n) is 3.32. The molecule has 1 aliphatic rings. The highest BCUT2D eigenvalue weighted by molar-refractivity contribution is 5.91. The number of hydrogen-bond donors (Lipinski definition) is 2. The molecule has 0 saturated heterocycles. The summed E-state index contributed by atoms with van der Waals surface area (Å²) in [7, 11) is 0. The van der Waals surface area contributed by atoms with Crippen LogP contribution in [0.4, 0.5) is 5.69 Å². The Morgan fingerprint density at radius 3 is 2.70 bits per heavy atom. The number of carbonyl (C=O) groups excluding carboxylic acids is 1. The van der Waals surface area contributed by atoms with Crippen LogP contribution in [0.5, 0.6) is 0 Å². The lowest BCUT2D eigenvalue weighted by atomic mass is 9.97. The van der Waals surface area contributed by atoms with Crippen LogP contribution in [0, 0.1) is 13.8 Å². The van der Waals surface area contributed by atoms with Gasteiger partial charge in [-0.3, -0.25) is 4.79 Å². The van der Waals surface area contributed by atoms with Crippen molar-refractivity contribution in [3.8, 4) is 5.69 Å². The van der Waals surface area contributed by atoms with Crippen LogP contribution in [0.2, 0.25) is 0 Å². The van der Waals surface area contributed by atoms with Crippen molar-refractivity contribution in [1.82, 2.24) is 9.78 Å². The number of aryl methyl sites for hydroxylation is 2. The maximum atomic E-state index is 12.2. The van der Waals surface area contributed by atoms with E-state index in [0.717, 1.165) is 35.6 Å². The lowest BCUT2D eigenvalue weighted by Gasteiger charge is -2.21. The second kappa shape index (κ2) is 6.16. The molecule has 5 nitrogen and oxygen atoms in total. The molecule has 1 fully saturated rings. The highest BCUT2D eigenvalue weighted by Crippen LogP contribution is 2.32. The van der Waals surface area contributed by atoms with Gasteiger partial charge in [-0.15, -0.1) is 0 Å². The van der Waals surface area contributed by atoms with Gasteiger partial charge in [0.15, 0.2) is 0 Å². The van der Waals surface area contributed by atoms with Crippen LogP contribution in [0.3, 0.4) is 0 Å². The molecule has 0 bridgehead atoms. The van der Waals surface area contributed by atoms with Crippen molar-refractivity contribution in [3.63, 3.8) is 0 Å². The number of hydrogen-bond acceptors (Lipinski definition) is 3. The van der Waals surface area contributed by atoms with Crippen molar-refractivity contribution >= 4 is 11.6 Å². The molecule has 1 aliphatic carbocycles. The third-order valence-corrected chi connectivity index (χ3v) is 4.41. The van der Waals surface area contributed by atoms with Crippen molar-refractivity contribution in [2.24, 2.45) is 0 Å². The molecule has 5 heteroatoms.